The Hall–Kier alpha value is -1.77. The fourth-order valence-electron chi connectivity index (χ4n) is 1.27. The lowest BCUT2D eigenvalue weighted by Gasteiger charge is -2.03. The molecule has 0 fully saturated rings. The van der Waals surface area contributed by atoms with Gasteiger partial charge in [0.1, 0.15) is 5.75 Å². The lowest BCUT2D eigenvalue weighted by atomic mass is 10.1. The molecular weight excluding hydrogens is 204 g/mol. The maximum atomic E-state index is 11.2. The van der Waals surface area contributed by atoms with Crippen LogP contribution in [0.3, 0.4) is 0 Å². The third kappa shape index (κ3) is 3.42. The van der Waals surface area contributed by atoms with Crippen LogP contribution in [0.15, 0.2) is 30.3 Å². The fraction of sp³-hybridized carbons (Fsp3) is 0.308. The molecule has 1 rings (SSSR count). The molecule has 0 radical (unpaired) electrons. The molecular formula is C13H16O3. The number of ether oxygens (including phenoxy) is 2. The highest BCUT2D eigenvalue weighted by Gasteiger charge is 2.07. The Balaban J connectivity index is 2.72. The number of carbonyl (C=O) groups is 1. The number of hydrogen-bond acceptors (Lipinski definition) is 3. The van der Waals surface area contributed by atoms with E-state index >= 15 is 0 Å². The maximum absolute atomic E-state index is 11.2. The summed E-state index contributed by atoms with van der Waals surface area (Å²) in [6.45, 7) is 1.79. The molecule has 0 saturated carbocycles. The normalized spacial score (nSPS) is 12.4. The van der Waals surface area contributed by atoms with Gasteiger partial charge in [0.2, 0.25) is 0 Å². The SMILES string of the molecule is COC(=O)C(C)/C=C/c1cccc(OC)c1. The van der Waals surface area contributed by atoms with Crippen LogP contribution in [0.25, 0.3) is 6.08 Å². The van der Waals surface area contributed by atoms with Crippen molar-refractivity contribution in [2.45, 2.75) is 6.92 Å². The van der Waals surface area contributed by atoms with E-state index in [1.807, 2.05) is 30.3 Å². The molecule has 1 atom stereocenters. The van der Waals surface area contributed by atoms with Gasteiger partial charge in [0.25, 0.3) is 0 Å². The fourth-order valence-corrected chi connectivity index (χ4v) is 1.27. The van der Waals surface area contributed by atoms with Crippen LogP contribution in [0.4, 0.5) is 0 Å². The number of methoxy groups -OCH3 is 2. The van der Waals surface area contributed by atoms with Gasteiger partial charge in [-0.25, -0.2) is 0 Å². The molecule has 3 heteroatoms. The monoisotopic (exact) mass is 220 g/mol. The minimum absolute atomic E-state index is 0.237. The predicted octanol–water partition coefficient (Wildman–Crippen LogP) is 2.52. The van der Waals surface area contributed by atoms with Gasteiger partial charge >= 0.3 is 5.97 Å². The number of hydrogen-bond donors (Lipinski definition) is 0. The second kappa shape index (κ2) is 5.95. The molecule has 0 spiro atoms. The molecule has 0 aliphatic heterocycles. The molecule has 0 amide bonds. The van der Waals surface area contributed by atoms with E-state index in [0.29, 0.717) is 0 Å². The number of benzene rings is 1. The molecule has 0 saturated heterocycles. The van der Waals surface area contributed by atoms with Gasteiger partial charge < -0.3 is 9.47 Å². The van der Waals surface area contributed by atoms with Gasteiger partial charge in [0.15, 0.2) is 0 Å². The molecule has 1 unspecified atom stereocenters. The number of carbonyl (C=O) groups excluding carboxylic acids is 1. The molecule has 1 aromatic rings. The average Bonchev–Trinajstić information content (AvgIpc) is 2.35. The molecule has 3 nitrogen and oxygen atoms in total. The van der Waals surface area contributed by atoms with Crippen molar-refractivity contribution in [3.63, 3.8) is 0 Å². The molecule has 0 heterocycles. The second-order valence-corrected chi connectivity index (χ2v) is 3.45. The third-order valence-electron chi connectivity index (χ3n) is 2.24. The minimum atomic E-state index is -0.240. The number of esters is 1. The first-order valence-corrected chi connectivity index (χ1v) is 5.07. The summed E-state index contributed by atoms with van der Waals surface area (Å²) >= 11 is 0. The molecule has 16 heavy (non-hydrogen) atoms. The standard InChI is InChI=1S/C13H16O3/c1-10(13(14)16-3)7-8-11-5-4-6-12(9-11)15-2/h4-10H,1-3H3/b8-7+. The van der Waals surface area contributed by atoms with Crippen molar-refractivity contribution in [2.75, 3.05) is 14.2 Å². The van der Waals surface area contributed by atoms with Crippen molar-refractivity contribution in [2.24, 2.45) is 5.92 Å². The van der Waals surface area contributed by atoms with Gasteiger partial charge in [-0.3, -0.25) is 4.79 Å². The smallest absolute Gasteiger partial charge is 0.312 e. The zero-order chi connectivity index (χ0) is 12.0. The van der Waals surface area contributed by atoms with Crippen LogP contribution in [0.5, 0.6) is 5.75 Å². The lowest BCUT2D eigenvalue weighted by Crippen LogP contribution is -2.09. The Labute approximate surface area is 95.7 Å². The summed E-state index contributed by atoms with van der Waals surface area (Å²) < 4.78 is 9.74. The van der Waals surface area contributed by atoms with Crippen LogP contribution >= 0.6 is 0 Å². The highest BCUT2D eigenvalue weighted by Crippen LogP contribution is 2.14. The van der Waals surface area contributed by atoms with Crippen LogP contribution < -0.4 is 4.74 Å². The minimum Gasteiger partial charge on any atom is -0.497 e. The van der Waals surface area contributed by atoms with E-state index < -0.39 is 0 Å². The first kappa shape index (κ1) is 12.3. The van der Waals surface area contributed by atoms with E-state index in [-0.39, 0.29) is 11.9 Å². The number of rotatable bonds is 4. The van der Waals surface area contributed by atoms with Crippen LogP contribution in [-0.2, 0) is 9.53 Å². The van der Waals surface area contributed by atoms with Crippen LogP contribution in [0.1, 0.15) is 12.5 Å². The molecule has 0 N–H and O–H groups in total. The summed E-state index contributed by atoms with van der Waals surface area (Å²) in [4.78, 5) is 11.2. The van der Waals surface area contributed by atoms with E-state index in [0.717, 1.165) is 11.3 Å². The Morgan fingerprint density at radius 1 is 1.38 bits per heavy atom. The second-order valence-electron chi connectivity index (χ2n) is 3.45. The average molecular weight is 220 g/mol. The Bertz CT molecular complexity index is 383. The van der Waals surface area contributed by atoms with Crippen LogP contribution in [0, 0.1) is 5.92 Å². The van der Waals surface area contributed by atoms with Gasteiger partial charge in [0, 0.05) is 0 Å². The Kier molecular flexibility index (Phi) is 4.58. The molecule has 0 bridgehead atoms. The summed E-state index contributed by atoms with van der Waals surface area (Å²) in [6, 6.07) is 7.63. The van der Waals surface area contributed by atoms with E-state index in [2.05, 4.69) is 4.74 Å². The molecule has 0 aliphatic carbocycles. The zero-order valence-electron chi connectivity index (χ0n) is 9.77. The molecule has 0 aromatic heterocycles. The van der Waals surface area contributed by atoms with Crippen LogP contribution in [0.2, 0.25) is 0 Å². The predicted molar refractivity (Wildman–Crippen MR) is 63.2 cm³/mol. The third-order valence-corrected chi connectivity index (χ3v) is 2.24. The molecule has 1 aromatic carbocycles. The topological polar surface area (TPSA) is 35.5 Å². The summed E-state index contributed by atoms with van der Waals surface area (Å²) in [5.41, 5.74) is 0.995. The summed E-state index contributed by atoms with van der Waals surface area (Å²) in [6.07, 6.45) is 3.69. The first-order chi connectivity index (χ1) is 7.67. The maximum Gasteiger partial charge on any atom is 0.312 e. The van der Waals surface area contributed by atoms with Gasteiger partial charge in [-0.1, -0.05) is 24.3 Å². The molecule has 0 aliphatic rings. The lowest BCUT2D eigenvalue weighted by molar-refractivity contribution is -0.143. The highest BCUT2D eigenvalue weighted by molar-refractivity contribution is 5.75. The quantitative estimate of drug-likeness (QED) is 0.731. The largest absolute Gasteiger partial charge is 0.497 e. The van der Waals surface area contributed by atoms with Crippen molar-refractivity contribution >= 4 is 12.0 Å². The van der Waals surface area contributed by atoms with E-state index in [1.54, 1.807) is 20.1 Å². The Morgan fingerprint density at radius 2 is 2.12 bits per heavy atom. The van der Waals surface area contributed by atoms with Gasteiger partial charge in [-0.05, 0) is 24.6 Å². The Morgan fingerprint density at radius 3 is 2.75 bits per heavy atom. The van der Waals surface area contributed by atoms with Gasteiger partial charge in [-0.15, -0.1) is 0 Å². The van der Waals surface area contributed by atoms with Gasteiger partial charge in [-0.2, -0.15) is 0 Å². The van der Waals surface area contributed by atoms with E-state index in [9.17, 15) is 4.79 Å². The van der Waals surface area contributed by atoms with Crippen molar-refractivity contribution < 1.29 is 14.3 Å². The zero-order valence-corrected chi connectivity index (χ0v) is 9.77. The van der Waals surface area contributed by atoms with E-state index in [4.69, 9.17) is 4.74 Å². The molecule has 86 valence electrons. The van der Waals surface area contributed by atoms with Crippen molar-refractivity contribution in [1.82, 2.24) is 0 Å². The van der Waals surface area contributed by atoms with Crippen molar-refractivity contribution in [3.8, 4) is 5.75 Å². The first-order valence-electron chi connectivity index (χ1n) is 5.07. The van der Waals surface area contributed by atoms with Crippen LogP contribution in [-0.4, -0.2) is 20.2 Å². The summed E-state index contributed by atoms with van der Waals surface area (Å²) in [7, 11) is 3.01. The highest BCUT2D eigenvalue weighted by atomic mass is 16.5. The summed E-state index contributed by atoms with van der Waals surface area (Å²) in [5.74, 6) is 0.322. The van der Waals surface area contributed by atoms with Gasteiger partial charge in [0.05, 0.1) is 20.1 Å². The summed E-state index contributed by atoms with van der Waals surface area (Å²) in [5, 5.41) is 0. The van der Waals surface area contributed by atoms with Crippen molar-refractivity contribution in [3.05, 3.63) is 35.9 Å². The van der Waals surface area contributed by atoms with Crippen molar-refractivity contribution in [1.29, 1.82) is 0 Å². The van der Waals surface area contributed by atoms with E-state index in [1.165, 1.54) is 7.11 Å².